The summed E-state index contributed by atoms with van der Waals surface area (Å²) in [4.78, 5) is 17.4. The fraction of sp³-hybridized carbons (Fsp3) is 0.423. The highest BCUT2D eigenvalue weighted by Gasteiger charge is 2.35. The van der Waals surface area contributed by atoms with E-state index in [4.69, 9.17) is 22.1 Å². The number of nitrogens with one attached hydrogen (secondary N) is 1. The lowest BCUT2D eigenvalue weighted by Crippen LogP contribution is -2.44. The number of ether oxygens (including phenoxy) is 1. The topological polar surface area (TPSA) is 92.4 Å². The van der Waals surface area contributed by atoms with Crippen molar-refractivity contribution in [3.05, 3.63) is 34.6 Å². The fourth-order valence-corrected chi connectivity index (χ4v) is 6.58. The van der Waals surface area contributed by atoms with Crippen molar-refractivity contribution in [1.29, 1.82) is 0 Å². The molecule has 4 heterocycles. The molecule has 0 saturated carbocycles. The SMILES string of the molecule is CN1CCC[C@H]1COc1nc(N2CCNCC2)c2cc(Cl)c(-c3ccc(C(F)(F)F)c4sc(N)nc34)c(F)c2n1. The quantitative estimate of drug-likeness (QED) is 0.305. The van der Waals surface area contributed by atoms with Gasteiger partial charge < -0.3 is 25.6 Å². The molecule has 2 aliphatic rings. The van der Waals surface area contributed by atoms with Gasteiger partial charge in [-0.3, -0.25) is 0 Å². The van der Waals surface area contributed by atoms with Crippen LogP contribution in [0.15, 0.2) is 18.2 Å². The van der Waals surface area contributed by atoms with Gasteiger partial charge in [-0.05, 0) is 38.6 Å². The van der Waals surface area contributed by atoms with Crippen LogP contribution in [-0.2, 0) is 6.18 Å². The zero-order valence-corrected chi connectivity index (χ0v) is 23.1. The molecule has 0 bridgehead atoms. The lowest BCUT2D eigenvalue weighted by molar-refractivity contribution is -0.136. The van der Waals surface area contributed by atoms with Gasteiger partial charge in [0.05, 0.1) is 20.8 Å². The Morgan fingerprint density at radius 3 is 2.62 bits per heavy atom. The Labute approximate surface area is 236 Å². The number of thiazole rings is 1. The average Bonchev–Trinajstić information content (AvgIpc) is 3.51. The van der Waals surface area contributed by atoms with Crippen molar-refractivity contribution < 1.29 is 22.3 Å². The van der Waals surface area contributed by atoms with E-state index in [-0.39, 0.29) is 49.1 Å². The number of rotatable bonds is 5. The Kier molecular flexibility index (Phi) is 7.09. The highest BCUT2D eigenvalue weighted by atomic mass is 35.5. The van der Waals surface area contributed by atoms with Crippen LogP contribution in [0.4, 0.5) is 28.5 Å². The molecule has 2 aliphatic heterocycles. The molecule has 0 radical (unpaired) electrons. The molecule has 3 N–H and O–H groups in total. The number of nitrogens with zero attached hydrogens (tertiary/aromatic N) is 5. The summed E-state index contributed by atoms with van der Waals surface area (Å²) in [6, 6.07) is 3.85. The number of nitrogens with two attached hydrogens (primary N) is 1. The van der Waals surface area contributed by atoms with Gasteiger partial charge in [0.15, 0.2) is 10.9 Å². The summed E-state index contributed by atoms with van der Waals surface area (Å²) in [7, 11) is 2.03. The minimum Gasteiger partial charge on any atom is -0.462 e. The fourth-order valence-electron chi connectivity index (χ4n) is 5.40. The molecular weight excluding hydrogens is 570 g/mol. The number of likely N-dealkylation sites (N-methyl/N-ethyl adjacent to an activating group) is 1. The Hall–Kier alpha value is -3.00. The van der Waals surface area contributed by atoms with Crippen LogP contribution in [0, 0.1) is 5.82 Å². The summed E-state index contributed by atoms with van der Waals surface area (Å²) in [6.07, 6.45) is -2.59. The van der Waals surface area contributed by atoms with Crippen LogP contribution in [0.25, 0.3) is 32.2 Å². The van der Waals surface area contributed by atoms with Crippen molar-refractivity contribution in [1.82, 2.24) is 25.2 Å². The first kappa shape index (κ1) is 27.2. The van der Waals surface area contributed by atoms with Gasteiger partial charge in [0.2, 0.25) is 0 Å². The molecule has 8 nitrogen and oxygen atoms in total. The number of anilines is 2. The second-order valence-corrected chi connectivity index (χ2v) is 11.4. The van der Waals surface area contributed by atoms with E-state index in [0.29, 0.717) is 42.2 Å². The van der Waals surface area contributed by atoms with E-state index in [0.717, 1.165) is 38.5 Å². The number of hydrogen-bond acceptors (Lipinski definition) is 9. The molecule has 2 aromatic carbocycles. The van der Waals surface area contributed by atoms with Gasteiger partial charge in [0.25, 0.3) is 0 Å². The number of alkyl halides is 3. The van der Waals surface area contributed by atoms with Gasteiger partial charge in [0, 0.05) is 48.7 Å². The summed E-state index contributed by atoms with van der Waals surface area (Å²) in [5.74, 6) is -0.305. The average molecular weight is 596 g/mol. The lowest BCUT2D eigenvalue weighted by atomic mass is 9.99. The molecule has 1 atom stereocenters. The molecule has 2 fully saturated rings. The highest BCUT2D eigenvalue weighted by Crippen LogP contribution is 2.45. The number of fused-ring (bicyclic) bond motifs is 2. The number of halogens is 5. The van der Waals surface area contributed by atoms with Crippen molar-refractivity contribution in [3.8, 4) is 17.1 Å². The lowest BCUT2D eigenvalue weighted by Gasteiger charge is -2.29. The number of nitrogen functional groups attached to an aromatic ring is 1. The minimum absolute atomic E-state index is 0.00105. The molecule has 0 spiro atoms. The molecule has 212 valence electrons. The maximum atomic E-state index is 16.5. The van der Waals surface area contributed by atoms with Gasteiger partial charge in [-0.1, -0.05) is 29.0 Å². The van der Waals surface area contributed by atoms with Crippen molar-refractivity contribution >= 4 is 55.0 Å². The smallest absolute Gasteiger partial charge is 0.417 e. The second-order valence-electron chi connectivity index (χ2n) is 9.99. The number of likely N-dealkylation sites (tertiary alicyclic amines) is 1. The number of aromatic nitrogens is 3. The number of piperazine rings is 1. The molecule has 14 heteroatoms. The van der Waals surface area contributed by atoms with Gasteiger partial charge in [-0.15, -0.1) is 0 Å². The van der Waals surface area contributed by atoms with E-state index in [2.05, 4.69) is 25.2 Å². The first-order chi connectivity index (χ1) is 19.1. The van der Waals surface area contributed by atoms with Gasteiger partial charge in [0.1, 0.15) is 17.9 Å². The van der Waals surface area contributed by atoms with Crippen LogP contribution in [0.2, 0.25) is 5.02 Å². The predicted octanol–water partition coefficient (Wildman–Crippen LogP) is 5.18. The molecule has 0 aliphatic carbocycles. The van der Waals surface area contributed by atoms with Crippen LogP contribution in [0.1, 0.15) is 18.4 Å². The molecule has 0 unspecified atom stereocenters. The zero-order chi connectivity index (χ0) is 28.2. The molecule has 4 aromatic rings. The van der Waals surface area contributed by atoms with Crippen LogP contribution in [0.3, 0.4) is 0 Å². The van der Waals surface area contributed by atoms with Crippen molar-refractivity contribution in [3.63, 3.8) is 0 Å². The third-order valence-corrected chi connectivity index (χ3v) is 8.69. The number of benzene rings is 2. The number of hydrogen-bond donors (Lipinski definition) is 2. The summed E-state index contributed by atoms with van der Waals surface area (Å²) < 4.78 is 63.4. The molecule has 2 saturated heterocycles. The van der Waals surface area contributed by atoms with Crippen LogP contribution >= 0.6 is 22.9 Å². The summed E-state index contributed by atoms with van der Waals surface area (Å²) in [6.45, 7) is 4.03. The van der Waals surface area contributed by atoms with Crippen LogP contribution in [0.5, 0.6) is 6.01 Å². The molecule has 40 heavy (non-hydrogen) atoms. The largest absolute Gasteiger partial charge is 0.462 e. The normalized spacial score (nSPS) is 18.8. The predicted molar refractivity (Wildman–Crippen MR) is 149 cm³/mol. The van der Waals surface area contributed by atoms with E-state index in [9.17, 15) is 13.2 Å². The Balaban J connectivity index is 1.52. The van der Waals surface area contributed by atoms with E-state index >= 15 is 4.39 Å². The molecule has 6 rings (SSSR count). The van der Waals surface area contributed by atoms with Gasteiger partial charge in [-0.2, -0.15) is 23.1 Å². The van der Waals surface area contributed by atoms with Gasteiger partial charge in [-0.25, -0.2) is 9.37 Å². The molecule has 2 aromatic heterocycles. The summed E-state index contributed by atoms with van der Waals surface area (Å²) in [5, 5.41) is 3.60. The van der Waals surface area contributed by atoms with Gasteiger partial charge >= 0.3 is 12.2 Å². The summed E-state index contributed by atoms with van der Waals surface area (Å²) >= 11 is 7.34. The second kappa shape index (κ2) is 10.4. The van der Waals surface area contributed by atoms with E-state index in [1.54, 1.807) is 6.07 Å². The van der Waals surface area contributed by atoms with Crippen molar-refractivity contribution in [2.45, 2.75) is 25.1 Å². The first-order valence-electron chi connectivity index (χ1n) is 12.9. The van der Waals surface area contributed by atoms with Crippen molar-refractivity contribution in [2.75, 3.05) is 57.0 Å². The van der Waals surface area contributed by atoms with Crippen LogP contribution < -0.4 is 20.7 Å². The third-order valence-electron chi connectivity index (χ3n) is 7.47. The Morgan fingerprint density at radius 1 is 1.15 bits per heavy atom. The third kappa shape index (κ3) is 4.89. The maximum absolute atomic E-state index is 16.5. The first-order valence-corrected chi connectivity index (χ1v) is 14.1. The zero-order valence-electron chi connectivity index (χ0n) is 21.5. The Morgan fingerprint density at radius 2 is 1.93 bits per heavy atom. The van der Waals surface area contributed by atoms with Crippen molar-refractivity contribution in [2.24, 2.45) is 0 Å². The standard InChI is InChI=1S/C26H26ClF4N7OS/c1-37-8-2-3-13(37)12-39-25-35-20-15(23(36-25)38-9-6-33-7-10-38)11-17(27)18(19(20)28)14-4-5-16(26(29,30)31)22-21(14)34-24(32)40-22/h4-5,11,13,33H,2-3,6-10,12H2,1H3,(H2,32,34)/t13-/m0/s1. The summed E-state index contributed by atoms with van der Waals surface area (Å²) in [5.41, 5.74) is 4.78. The minimum atomic E-state index is -4.63. The monoisotopic (exact) mass is 595 g/mol. The molecule has 0 amide bonds. The van der Waals surface area contributed by atoms with E-state index < -0.39 is 17.6 Å². The van der Waals surface area contributed by atoms with Crippen LogP contribution in [-0.4, -0.2) is 72.3 Å². The Bertz CT molecular complexity index is 1590. The molecular formula is C26H26ClF4N7OS. The maximum Gasteiger partial charge on any atom is 0.417 e. The highest BCUT2D eigenvalue weighted by molar-refractivity contribution is 7.22. The van der Waals surface area contributed by atoms with E-state index in [1.807, 2.05) is 11.9 Å². The van der Waals surface area contributed by atoms with E-state index in [1.165, 1.54) is 6.07 Å².